The SMILES string of the molecule is Cc1cccc(C2CCCN2C(=O)[C@H]2CNC[C@@H]2c2cnn(C)c2)c1.Cl. The van der Waals surface area contributed by atoms with Gasteiger partial charge in [0.05, 0.1) is 18.2 Å². The summed E-state index contributed by atoms with van der Waals surface area (Å²) in [7, 11) is 1.93. The van der Waals surface area contributed by atoms with E-state index in [0.717, 1.165) is 38.0 Å². The number of nitrogens with zero attached hydrogens (tertiary/aromatic N) is 3. The third-order valence-electron chi connectivity index (χ3n) is 5.65. The van der Waals surface area contributed by atoms with Gasteiger partial charge in [-0.2, -0.15) is 5.10 Å². The zero-order chi connectivity index (χ0) is 17.4. The lowest BCUT2D eigenvalue weighted by Crippen LogP contribution is -2.38. The van der Waals surface area contributed by atoms with Crippen molar-refractivity contribution in [2.24, 2.45) is 13.0 Å². The minimum absolute atomic E-state index is 0. The van der Waals surface area contributed by atoms with E-state index in [1.807, 2.05) is 24.1 Å². The number of amides is 1. The molecule has 2 aliphatic rings. The Hall–Kier alpha value is -1.85. The molecule has 0 saturated carbocycles. The van der Waals surface area contributed by atoms with Gasteiger partial charge in [0.1, 0.15) is 0 Å². The maximum absolute atomic E-state index is 13.4. The highest BCUT2D eigenvalue weighted by molar-refractivity contribution is 5.85. The van der Waals surface area contributed by atoms with Crippen LogP contribution in [0.3, 0.4) is 0 Å². The fourth-order valence-corrected chi connectivity index (χ4v) is 4.39. The zero-order valence-corrected chi connectivity index (χ0v) is 16.2. The molecule has 0 bridgehead atoms. The number of aromatic nitrogens is 2. The minimum atomic E-state index is 0. The van der Waals surface area contributed by atoms with E-state index in [0.29, 0.717) is 5.91 Å². The molecule has 3 heterocycles. The average Bonchev–Trinajstić information content (AvgIpc) is 3.34. The van der Waals surface area contributed by atoms with Crippen molar-refractivity contribution in [2.45, 2.75) is 31.7 Å². The van der Waals surface area contributed by atoms with Gasteiger partial charge in [0.2, 0.25) is 5.91 Å². The molecule has 5 nitrogen and oxygen atoms in total. The van der Waals surface area contributed by atoms with Crippen LogP contribution in [-0.2, 0) is 11.8 Å². The summed E-state index contributed by atoms with van der Waals surface area (Å²) in [5, 5.41) is 7.70. The predicted molar refractivity (Wildman–Crippen MR) is 104 cm³/mol. The van der Waals surface area contributed by atoms with Gasteiger partial charge in [0.15, 0.2) is 0 Å². The van der Waals surface area contributed by atoms with E-state index < -0.39 is 0 Å². The Morgan fingerprint density at radius 1 is 1.27 bits per heavy atom. The highest BCUT2D eigenvalue weighted by Gasteiger charge is 2.40. The lowest BCUT2D eigenvalue weighted by molar-refractivity contribution is -0.136. The number of nitrogens with one attached hydrogen (secondary N) is 1. The molecule has 0 spiro atoms. The van der Waals surface area contributed by atoms with E-state index in [2.05, 4.69) is 46.5 Å². The molecule has 0 radical (unpaired) electrons. The largest absolute Gasteiger partial charge is 0.335 e. The van der Waals surface area contributed by atoms with Crippen LogP contribution < -0.4 is 5.32 Å². The van der Waals surface area contributed by atoms with Crippen molar-refractivity contribution in [3.05, 3.63) is 53.3 Å². The average molecular weight is 375 g/mol. The standard InChI is InChI=1S/C20H26N4O.ClH/c1-14-5-3-6-15(9-14)19-7-4-8-24(19)20(25)18-12-21-11-17(18)16-10-22-23(2)13-16;/h3,5-6,9-10,13,17-19,21H,4,7-8,11-12H2,1-2H3;1H/t17-,18+,19?;/m1./s1. The number of aryl methyl sites for hydroxylation is 2. The summed E-state index contributed by atoms with van der Waals surface area (Å²) in [6.07, 6.45) is 6.09. The Balaban J connectivity index is 0.00000196. The van der Waals surface area contributed by atoms with Gasteiger partial charge in [-0.1, -0.05) is 29.8 Å². The van der Waals surface area contributed by atoms with Crippen LogP contribution in [0.1, 0.15) is 41.5 Å². The molecule has 2 aromatic rings. The smallest absolute Gasteiger partial charge is 0.228 e. The summed E-state index contributed by atoms with van der Waals surface area (Å²) in [5.41, 5.74) is 3.69. The van der Waals surface area contributed by atoms with E-state index in [4.69, 9.17) is 0 Å². The molecule has 6 heteroatoms. The van der Waals surface area contributed by atoms with Crippen LogP contribution in [0.2, 0.25) is 0 Å². The van der Waals surface area contributed by atoms with Gasteiger partial charge in [0.25, 0.3) is 0 Å². The molecule has 26 heavy (non-hydrogen) atoms. The van der Waals surface area contributed by atoms with E-state index >= 15 is 0 Å². The van der Waals surface area contributed by atoms with Crippen LogP contribution in [0.25, 0.3) is 0 Å². The first-order chi connectivity index (χ1) is 12.1. The summed E-state index contributed by atoms with van der Waals surface area (Å²) in [5.74, 6) is 0.525. The van der Waals surface area contributed by atoms with Crippen molar-refractivity contribution in [3.8, 4) is 0 Å². The van der Waals surface area contributed by atoms with Crippen LogP contribution in [0.15, 0.2) is 36.7 Å². The van der Waals surface area contributed by atoms with E-state index in [-0.39, 0.29) is 30.3 Å². The van der Waals surface area contributed by atoms with Gasteiger partial charge in [-0.25, -0.2) is 0 Å². The molecule has 1 aromatic carbocycles. The van der Waals surface area contributed by atoms with Crippen molar-refractivity contribution < 1.29 is 4.79 Å². The third-order valence-corrected chi connectivity index (χ3v) is 5.65. The fraction of sp³-hybridized carbons (Fsp3) is 0.500. The molecular formula is C20H27ClN4O. The van der Waals surface area contributed by atoms with Crippen molar-refractivity contribution in [2.75, 3.05) is 19.6 Å². The molecule has 1 N–H and O–H groups in total. The maximum atomic E-state index is 13.4. The molecule has 1 amide bonds. The van der Waals surface area contributed by atoms with Gasteiger partial charge in [-0.15, -0.1) is 12.4 Å². The quantitative estimate of drug-likeness (QED) is 0.898. The van der Waals surface area contributed by atoms with Crippen LogP contribution >= 0.6 is 12.4 Å². The van der Waals surface area contributed by atoms with Crippen LogP contribution in [0, 0.1) is 12.8 Å². The number of benzene rings is 1. The molecule has 1 unspecified atom stereocenters. The van der Waals surface area contributed by atoms with E-state index in [1.165, 1.54) is 11.1 Å². The first-order valence-corrected chi connectivity index (χ1v) is 9.20. The second-order valence-corrected chi connectivity index (χ2v) is 7.42. The Kier molecular flexibility index (Phi) is 5.68. The second-order valence-electron chi connectivity index (χ2n) is 7.42. The Labute approximate surface area is 161 Å². The van der Waals surface area contributed by atoms with Gasteiger partial charge < -0.3 is 10.2 Å². The Morgan fingerprint density at radius 2 is 2.12 bits per heavy atom. The summed E-state index contributed by atoms with van der Waals surface area (Å²) in [6.45, 7) is 4.60. The van der Waals surface area contributed by atoms with Crippen LogP contribution in [0.4, 0.5) is 0 Å². The molecule has 0 aliphatic carbocycles. The van der Waals surface area contributed by atoms with Gasteiger partial charge >= 0.3 is 0 Å². The number of halogens is 1. The number of hydrogen-bond acceptors (Lipinski definition) is 3. The third kappa shape index (κ3) is 3.51. The molecule has 1 aromatic heterocycles. The van der Waals surface area contributed by atoms with Crippen molar-refractivity contribution in [1.29, 1.82) is 0 Å². The van der Waals surface area contributed by atoms with Crippen LogP contribution in [0.5, 0.6) is 0 Å². The monoisotopic (exact) mass is 374 g/mol. The number of carbonyl (C=O) groups is 1. The number of hydrogen-bond donors (Lipinski definition) is 1. The normalized spacial score (nSPS) is 25.3. The van der Waals surface area contributed by atoms with Gasteiger partial charge in [0, 0.05) is 38.8 Å². The van der Waals surface area contributed by atoms with E-state index in [9.17, 15) is 4.79 Å². The molecule has 3 atom stereocenters. The Morgan fingerprint density at radius 3 is 2.85 bits per heavy atom. The summed E-state index contributed by atoms with van der Waals surface area (Å²) in [4.78, 5) is 15.5. The lowest BCUT2D eigenvalue weighted by Gasteiger charge is -2.29. The molecule has 140 valence electrons. The zero-order valence-electron chi connectivity index (χ0n) is 15.4. The van der Waals surface area contributed by atoms with E-state index in [1.54, 1.807) is 0 Å². The highest BCUT2D eigenvalue weighted by Crippen LogP contribution is 2.37. The second kappa shape index (κ2) is 7.80. The summed E-state index contributed by atoms with van der Waals surface area (Å²) in [6, 6.07) is 8.82. The summed E-state index contributed by atoms with van der Waals surface area (Å²) >= 11 is 0. The summed E-state index contributed by atoms with van der Waals surface area (Å²) < 4.78 is 1.82. The van der Waals surface area contributed by atoms with Crippen molar-refractivity contribution in [1.82, 2.24) is 20.0 Å². The number of rotatable bonds is 3. The molecular weight excluding hydrogens is 348 g/mol. The topological polar surface area (TPSA) is 50.2 Å². The number of carbonyl (C=O) groups excluding carboxylic acids is 1. The van der Waals surface area contributed by atoms with Crippen molar-refractivity contribution >= 4 is 18.3 Å². The Bertz CT molecular complexity index is 775. The lowest BCUT2D eigenvalue weighted by atomic mass is 9.89. The maximum Gasteiger partial charge on any atom is 0.228 e. The molecule has 2 fully saturated rings. The first-order valence-electron chi connectivity index (χ1n) is 9.20. The molecule has 4 rings (SSSR count). The first kappa shape index (κ1) is 18.9. The minimum Gasteiger partial charge on any atom is -0.335 e. The number of likely N-dealkylation sites (tertiary alicyclic amines) is 1. The molecule has 2 aliphatic heterocycles. The molecule has 2 saturated heterocycles. The highest BCUT2D eigenvalue weighted by atomic mass is 35.5. The van der Waals surface area contributed by atoms with Gasteiger partial charge in [-0.05, 0) is 30.9 Å². The van der Waals surface area contributed by atoms with Gasteiger partial charge in [-0.3, -0.25) is 9.48 Å². The van der Waals surface area contributed by atoms with Crippen LogP contribution in [-0.4, -0.2) is 40.2 Å². The fourth-order valence-electron chi connectivity index (χ4n) is 4.39. The van der Waals surface area contributed by atoms with Crippen molar-refractivity contribution in [3.63, 3.8) is 0 Å². The predicted octanol–water partition coefficient (Wildman–Crippen LogP) is 2.82.